The monoisotopic (exact) mass is 252 g/mol. The fourth-order valence-electron chi connectivity index (χ4n) is 1.41. The number of hydrogen-bond donors (Lipinski definition) is 1. The van der Waals surface area contributed by atoms with E-state index in [9.17, 15) is 4.21 Å². The highest BCUT2D eigenvalue weighted by molar-refractivity contribution is 7.84. The topological polar surface area (TPSA) is 59.3 Å². The lowest BCUT2D eigenvalue weighted by Crippen LogP contribution is -2.21. The maximum Gasteiger partial charge on any atom is 0.243 e. The molecule has 2 heterocycles. The molecular formula is C11H16N4OS. The molecule has 2 rings (SSSR count). The van der Waals surface area contributed by atoms with Crippen LogP contribution in [0.4, 0.5) is 5.95 Å². The first-order chi connectivity index (χ1) is 8.06. The molecule has 92 valence electrons. The van der Waals surface area contributed by atoms with Crippen LogP contribution in [0.2, 0.25) is 0 Å². The highest BCUT2D eigenvalue weighted by atomic mass is 32.2. The minimum atomic E-state index is -0.830. The van der Waals surface area contributed by atoms with E-state index in [2.05, 4.69) is 15.4 Å². The van der Waals surface area contributed by atoms with Crippen molar-refractivity contribution < 1.29 is 4.21 Å². The molecule has 0 saturated carbocycles. The lowest BCUT2D eigenvalue weighted by molar-refractivity contribution is 0.678. The highest BCUT2D eigenvalue weighted by Gasteiger charge is 2.08. The van der Waals surface area contributed by atoms with Crippen LogP contribution < -0.4 is 5.32 Å². The molecule has 2 atom stereocenters. The molecule has 1 N–H and O–H groups in total. The molecule has 0 radical (unpaired) electrons. The Morgan fingerprint density at radius 1 is 1.59 bits per heavy atom. The van der Waals surface area contributed by atoms with E-state index in [0.717, 1.165) is 11.2 Å². The van der Waals surface area contributed by atoms with Gasteiger partial charge in [0, 0.05) is 35.0 Å². The molecule has 0 aliphatic rings. The number of nitrogens with one attached hydrogen (secondary N) is 1. The number of aromatic nitrogens is 3. The average molecular weight is 252 g/mol. The Labute approximate surface area is 103 Å². The first-order valence-electron chi connectivity index (χ1n) is 5.45. The molecule has 0 aliphatic heterocycles. The summed E-state index contributed by atoms with van der Waals surface area (Å²) in [6.07, 6.45) is 3.58. The van der Waals surface area contributed by atoms with Crippen molar-refractivity contribution in [1.82, 2.24) is 14.6 Å². The zero-order valence-electron chi connectivity index (χ0n) is 10.2. The van der Waals surface area contributed by atoms with Gasteiger partial charge in [0.25, 0.3) is 0 Å². The van der Waals surface area contributed by atoms with E-state index in [1.165, 1.54) is 0 Å². The lowest BCUT2D eigenvalue weighted by atomic mass is 10.3. The Morgan fingerprint density at radius 3 is 3.06 bits per heavy atom. The standard InChI is InChI=1S/C11H16N4OS/c1-8-4-5-15-10(6-8)13-11(14-15)12-7-9(2)17(3)16/h4-6,9H,7H2,1-3H3,(H,12,14). The summed E-state index contributed by atoms with van der Waals surface area (Å²) in [5.74, 6) is 0.577. The second kappa shape index (κ2) is 4.83. The van der Waals surface area contributed by atoms with Crippen LogP contribution in [0.3, 0.4) is 0 Å². The number of rotatable bonds is 4. The van der Waals surface area contributed by atoms with Gasteiger partial charge in [-0.25, -0.2) is 4.52 Å². The van der Waals surface area contributed by atoms with Crippen molar-refractivity contribution in [3.8, 4) is 0 Å². The van der Waals surface area contributed by atoms with Crippen molar-refractivity contribution >= 4 is 22.4 Å². The first-order valence-corrected chi connectivity index (χ1v) is 7.07. The minimum absolute atomic E-state index is 0.0864. The Balaban J connectivity index is 2.12. The van der Waals surface area contributed by atoms with Crippen molar-refractivity contribution in [3.05, 3.63) is 23.9 Å². The van der Waals surface area contributed by atoms with Gasteiger partial charge in [-0.1, -0.05) is 0 Å². The Hall–Kier alpha value is -1.43. The van der Waals surface area contributed by atoms with Crippen molar-refractivity contribution in [2.45, 2.75) is 19.1 Å². The molecule has 2 unspecified atom stereocenters. The summed E-state index contributed by atoms with van der Waals surface area (Å²) in [7, 11) is -0.830. The third-order valence-electron chi connectivity index (χ3n) is 2.61. The van der Waals surface area contributed by atoms with E-state index in [4.69, 9.17) is 0 Å². The molecule has 2 aromatic rings. The third kappa shape index (κ3) is 2.82. The summed E-state index contributed by atoms with van der Waals surface area (Å²) in [6, 6.07) is 3.95. The largest absolute Gasteiger partial charge is 0.352 e. The highest BCUT2D eigenvalue weighted by Crippen LogP contribution is 2.07. The van der Waals surface area contributed by atoms with Gasteiger partial charge in [-0.15, -0.1) is 5.10 Å². The second-order valence-corrected chi connectivity index (χ2v) is 5.93. The summed E-state index contributed by atoms with van der Waals surface area (Å²) in [5.41, 5.74) is 1.97. The molecule has 0 spiro atoms. The number of pyridine rings is 1. The molecule has 6 heteroatoms. The van der Waals surface area contributed by atoms with Gasteiger partial charge in [0.05, 0.1) is 0 Å². The van der Waals surface area contributed by atoms with E-state index < -0.39 is 10.8 Å². The number of nitrogens with zero attached hydrogens (tertiary/aromatic N) is 3. The molecule has 2 aromatic heterocycles. The molecular weight excluding hydrogens is 236 g/mol. The lowest BCUT2D eigenvalue weighted by Gasteiger charge is -2.07. The Bertz CT molecular complexity index is 551. The van der Waals surface area contributed by atoms with E-state index in [-0.39, 0.29) is 5.25 Å². The van der Waals surface area contributed by atoms with Crippen LogP contribution in [0.5, 0.6) is 0 Å². The van der Waals surface area contributed by atoms with Crippen LogP contribution >= 0.6 is 0 Å². The van der Waals surface area contributed by atoms with Gasteiger partial charge in [0.2, 0.25) is 5.95 Å². The van der Waals surface area contributed by atoms with Gasteiger partial charge in [0.1, 0.15) is 0 Å². The summed E-state index contributed by atoms with van der Waals surface area (Å²) in [5, 5.41) is 7.47. The number of aryl methyl sites for hydroxylation is 1. The molecule has 0 aliphatic carbocycles. The number of fused-ring (bicyclic) bond motifs is 1. The Kier molecular flexibility index (Phi) is 3.42. The SMILES string of the molecule is Cc1ccn2nc(NCC(C)S(C)=O)nc2c1. The van der Waals surface area contributed by atoms with Crippen LogP contribution in [0.1, 0.15) is 12.5 Å². The fraction of sp³-hybridized carbons (Fsp3) is 0.455. The maximum atomic E-state index is 11.2. The van der Waals surface area contributed by atoms with Crippen molar-refractivity contribution in [2.24, 2.45) is 0 Å². The zero-order valence-corrected chi connectivity index (χ0v) is 11.0. The summed E-state index contributed by atoms with van der Waals surface area (Å²) in [6.45, 7) is 4.56. The molecule has 0 saturated heterocycles. The van der Waals surface area contributed by atoms with Gasteiger partial charge < -0.3 is 5.32 Å². The van der Waals surface area contributed by atoms with Crippen molar-refractivity contribution in [2.75, 3.05) is 18.1 Å². The third-order valence-corrected chi connectivity index (χ3v) is 3.91. The summed E-state index contributed by atoms with van der Waals surface area (Å²) in [4.78, 5) is 4.35. The molecule has 0 fully saturated rings. The van der Waals surface area contributed by atoms with Crippen LogP contribution in [-0.2, 0) is 10.8 Å². The van der Waals surface area contributed by atoms with Crippen molar-refractivity contribution in [3.63, 3.8) is 0 Å². The van der Waals surface area contributed by atoms with Gasteiger partial charge in [-0.3, -0.25) is 4.21 Å². The molecule has 0 amide bonds. The van der Waals surface area contributed by atoms with Gasteiger partial charge in [-0.2, -0.15) is 4.98 Å². The molecule has 0 bridgehead atoms. The quantitative estimate of drug-likeness (QED) is 0.888. The van der Waals surface area contributed by atoms with Gasteiger partial charge in [0.15, 0.2) is 5.65 Å². The maximum absolute atomic E-state index is 11.2. The zero-order chi connectivity index (χ0) is 12.4. The van der Waals surface area contributed by atoms with E-state index in [1.807, 2.05) is 32.2 Å². The fourth-order valence-corrected chi connectivity index (χ4v) is 1.73. The van der Waals surface area contributed by atoms with Crippen molar-refractivity contribution in [1.29, 1.82) is 0 Å². The van der Waals surface area contributed by atoms with Gasteiger partial charge >= 0.3 is 0 Å². The second-order valence-electron chi connectivity index (χ2n) is 4.13. The van der Waals surface area contributed by atoms with Crippen LogP contribution in [0, 0.1) is 6.92 Å². The van der Waals surface area contributed by atoms with E-state index in [0.29, 0.717) is 12.5 Å². The minimum Gasteiger partial charge on any atom is -0.352 e. The summed E-state index contributed by atoms with van der Waals surface area (Å²) < 4.78 is 12.9. The number of anilines is 1. The summed E-state index contributed by atoms with van der Waals surface area (Å²) >= 11 is 0. The predicted octanol–water partition coefficient (Wildman–Crippen LogP) is 1.22. The van der Waals surface area contributed by atoms with Crippen LogP contribution in [0.15, 0.2) is 18.3 Å². The average Bonchev–Trinajstić information content (AvgIpc) is 2.67. The van der Waals surface area contributed by atoms with E-state index >= 15 is 0 Å². The predicted molar refractivity (Wildman–Crippen MR) is 69.7 cm³/mol. The Morgan fingerprint density at radius 2 is 2.35 bits per heavy atom. The normalized spacial score (nSPS) is 14.8. The first kappa shape index (κ1) is 12.0. The van der Waals surface area contributed by atoms with Gasteiger partial charge in [-0.05, 0) is 31.5 Å². The molecule has 0 aromatic carbocycles. The van der Waals surface area contributed by atoms with Crippen LogP contribution in [-0.4, -0.2) is 36.9 Å². The van der Waals surface area contributed by atoms with E-state index in [1.54, 1.807) is 10.8 Å². The number of hydrogen-bond acceptors (Lipinski definition) is 4. The molecule has 5 nitrogen and oxygen atoms in total. The smallest absolute Gasteiger partial charge is 0.243 e. The van der Waals surface area contributed by atoms with Crippen LogP contribution in [0.25, 0.3) is 5.65 Å². The molecule has 17 heavy (non-hydrogen) atoms.